The number of aromatic amines is 1. The maximum Gasteiger partial charge on any atom is 0.326 e. The first kappa shape index (κ1) is 20.1. The second kappa shape index (κ2) is 8.03. The highest BCUT2D eigenvalue weighted by atomic mass is 16.5. The molecule has 8 nitrogen and oxygen atoms in total. The number of hydrogen-bond donors (Lipinski definition) is 1. The molecule has 0 bridgehead atoms. The molecule has 1 N–H and O–H groups in total. The van der Waals surface area contributed by atoms with Gasteiger partial charge in [0.05, 0.1) is 18.1 Å². The van der Waals surface area contributed by atoms with Gasteiger partial charge in [0.2, 0.25) is 0 Å². The number of imidazole rings is 1. The van der Waals surface area contributed by atoms with Crippen LogP contribution in [0.1, 0.15) is 34.9 Å². The van der Waals surface area contributed by atoms with Gasteiger partial charge < -0.3 is 14.6 Å². The monoisotopic (exact) mass is 431 g/mol. The fraction of sp³-hybridized carbons (Fsp3) is 0.292. The minimum Gasteiger partial charge on any atom is -0.494 e. The number of benzene rings is 2. The van der Waals surface area contributed by atoms with E-state index >= 15 is 0 Å². The molecule has 2 aromatic carbocycles. The van der Waals surface area contributed by atoms with Crippen LogP contribution < -0.4 is 10.4 Å². The summed E-state index contributed by atoms with van der Waals surface area (Å²) in [4.78, 5) is 30.3. The van der Waals surface area contributed by atoms with Crippen molar-refractivity contribution in [1.29, 1.82) is 0 Å². The van der Waals surface area contributed by atoms with Gasteiger partial charge in [-0.1, -0.05) is 18.2 Å². The van der Waals surface area contributed by atoms with Gasteiger partial charge >= 0.3 is 5.69 Å². The van der Waals surface area contributed by atoms with E-state index in [4.69, 9.17) is 4.74 Å². The van der Waals surface area contributed by atoms with E-state index < -0.39 is 0 Å². The number of H-pyrrole nitrogens is 1. The fourth-order valence-electron chi connectivity index (χ4n) is 4.48. The van der Waals surface area contributed by atoms with Gasteiger partial charge in [-0.25, -0.2) is 9.48 Å². The van der Waals surface area contributed by atoms with Gasteiger partial charge in [0, 0.05) is 25.3 Å². The van der Waals surface area contributed by atoms with Crippen LogP contribution in [0, 0.1) is 6.92 Å². The minimum absolute atomic E-state index is 0.0665. The highest BCUT2D eigenvalue weighted by Gasteiger charge is 2.27. The summed E-state index contributed by atoms with van der Waals surface area (Å²) in [5, 5.41) is 4.51. The molecular formula is C24H25N5O3. The Labute approximate surface area is 185 Å². The van der Waals surface area contributed by atoms with Crippen molar-refractivity contribution in [2.45, 2.75) is 25.8 Å². The van der Waals surface area contributed by atoms with E-state index in [1.807, 2.05) is 58.9 Å². The van der Waals surface area contributed by atoms with E-state index in [1.54, 1.807) is 24.1 Å². The third-order valence-electron chi connectivity index (χ3n) is 6.13. The second-order valence-electron chi connectivity index (χ2n) is 8.16. The van der Waals surface area contributed by atoms with Crippen LogP contribution in [0.4, 0.5) is 0 Å². The van der Waals surface area contributed by atoms with Crippen LogP contribution in [0.15, 0.2) is 59.5 Å². The SMILES string of the molecule is COc1ccc(C)cc1-n1ccc(C(=O)N2CCC(n3c(=O)[nH]c4ccccc43)CC2)n1. The number of carbonyl (C=O) groups excluding carboxylic acids is 1. The van der Waals surface area contributed by atoms with Crippen molar-refractivity contribution in [3.8, 4) is 11.4 Å². The van der Waals surface area contributed by atoms with Crippen LogP contribution in [0.5, 0.6) is 5.75 Å². The van der Waals surface area contributed by atoms with Crippen molar-refractivity contribution in [3.63, 3.8) is 0 Å². The van der Waals surface area contributed by atoms with Crippen LogP contribution in [0.3, 0.4) is 0 Å². The van der Waals surface area contributed by atoms with Crippen molar-refractivity contribution in [3.05, 3.63) is 76.5 Å². The lowest BCUT2D eigenvalue weighted by Gasteiger charge is -2.32. The molecule has 32 heavy (non-hydrogen) atoms. The highest BCUT2D eigenvalue weighted by Crippen LogP contribution is 2.26. The molecular weight excluding hydrogens is 406 g/mol. The number of aromatic nitrogens is 4. The minimum atomic E-state index is -0.0971. The average molecular weight is 431 g/mol. The molecule has 4 aromatic rings. The standard InChI is InChI=1S/C24H25N5O3/c1-16-7-8-22(32-2)21(15-16)28-14-11-19(26-28)23(30)27-12-9-17(10-13-27)29-20-6-4-3-5-18(20)25-24(29)31/h3-8,11,14-15,17H,9-10,12-13H2,1-2H3,(H,25,31). The van der Waals surface area contributed by atoms with Crippen molar-refractivity contribution in [2.75, 3.05) is 20.2 Å². The largest absolute Gasteiger partial charge is 0.494 e. The van der Waals surface area contributed by atoms with Crippen molar-refractivity contribution < 1.29 is 9.53 Å². The summed E-state index contributed by atoms with van der Waals surface area (Å²) in [5.74, 6) is 0.600. The topological polar surface area (TPSA) is 85.1 Å². The lowest BCUT2D eigenvalue weighted by Crippen LogP contribution is -2.40. The van der Waals surface area contributed by atoms with E-state index in [9.17, 15) is 9.59 Å². The molecule has 3 heterocycles. The molecule has 164 valence electrons. The Kier molecular flexibility index (Phi) is 5.05. The molecule has 0 atom stereocenters. The molecule has 1 aliphatic rings. The average Bonchev–Trinajstić information content (AvgIpc) is 3.43. The van der Waals surface area contributed by atoms with Gasteiger partial charge in [-0.3, -0.25) is 9.36 Å². The Morgan fingerprint density at radius 3 is 2.69 bits per heavy atom. The van der Waals surface area contributed by atoms with Crippen LogP contribution in [0.25, 0.3) is 16.7 Å². The summed E-state index contributed by atoms with van der Waals surface area (Å²) in [7, 11) is 1.62. The molecule has 1 amide bonds. The number of nitrogens with one attached hydrogen (secondary N) is 1. The summed E-state index contributed by atoms with van der Waals surface area (Å²) < 4.78 is 8.95. The van der Waals surface area contributed by atoms with Gasteiger partial charge in [0.25, 0.3) is 5.91 Å². The van der Waals surface area contributed by atoms with Crippen molar-refractivity contribution >= 4 is 16.9 Å². The van der Waals surface area contributed by atoms with Crippen LogP contribution in [-0.2, 0) is 0 Å². The van der Waals surface area contributed by atoms with Crippen LogP contribution >= 0.6 is 0 Å². The van der Waals surface area contributed by atoms with Crippen molar-refractivity contribution in [1.82, 2.24) is 24.2 Å². The van der Waals surface area contributed by atoms with E-state index in [-0.39, 0.29) is 17.6 Å². The molecule has 2 aromatic heterocycles. The quantitative estimate of drug-likeness (QED) is 0.537. The summed E-state index contributed by atoms with van der Waals surface area (Å²) in [5.41, 5.74) is 3.93. The summed E-state index contributed by atoms with van der Waals surface area (Å²) >= 11 is 0. The number of methoxy groups -OCH3 is 1. The summed E-state index contributed by atoms with van der Waals surface area (Å²) in [6.07, 6.45) is 3.22. The Balaban J connectivity index is 1.32. The van der Waals surface area contributed by atoms with E-state index in [1.165, 1.54) is 0 Å². The lowest BCUT2D eigenvalue weighted by molar-refractivity contribution is 0.0688. The zero-order valence-electron chi connectivity index (χ0n) is 18.1. The van der Waals surface area contributed by atoms with Gasteiger partial charge in [0.15, 0.2) is 5.69 Å². The third kappa shape index (κ3) is 3.47. The number of carbonyl (C=O) groups is 1. The molecule has 0 radical (unpaired) electrons. The summed E-state index contributed by atoms with van der Waals surface area (Å²) in [6, 6.07) is 15.4. The van der Waals surface area contributed by atoms with Crippen LogP contribution in [0.2, 0.25) is 0 Å². The molecule has 1 saturated heterocycles. The molecule has 1 fully saturated rings. The zero-order chi connectivity index (χ0) is 22.2. The number of aryl methyl sites for hydroxylation is 1. The maximum absolute atomic E-state index is 13.1. The van der Waals surface area contributed by atoms with Gasteiger partial charge in [-0.15, -0.1) is 0 Å². The molecule has 0 spiro atoms. The Hall–Kier alpha value is -3.81. The first-order chi connectivity index (χ1) is 15.5. The van der Waals surface area contributed by atoms with Gasteiger partial charge in [-0.2, -0.15) is 5.10 Å². The third-order valence-corrected chi connectivity index (χ3v) is 6.13. The highest BCUT2D eigenvalue weighted by molar-refractivity contribution is 5.92. The van der Waals surface area contributed by atoms with E-state index in [0.29, 0.717) is 24.5 Å². The van der Waals surface area contributed by atoms with E-state index in [0.717, 1.165) is 35.1 Å². The number of rotatable bonds is 4. The molecule has 5 rings (SSSR count). The molecule has 1 aliphatic heterocycles. The molecule has 0 aliphatic carbocycles. The van der Waals surface area contributed by atoms with Gasteiger partial charge in [0.1, 0.15) is 11.4 Å². The number of ether oxygens (including phenoxy) is 1. The number of hydrogen-bond acceptors (Lipinski definition) is 4. The van der Waals surface area contributed by atoms with Gasteiger partial charge in [-0.05, 0) is 55.7 Å². The number of piperidine rings is 1. The Morgan fingerprint density at radius 2 is 1.91 bits per heavy atom. The molecule has 0 unspecified atom stereocenters. The smallest absolute Gasteiger partial charge is 0.326 e. The number of likely N-dealkylation sites (tertiary alicyclic amines) is 1. The first-order valence-electron chi connectivity index (χ1n) is 10.7. The van der Waals surface area contributed by atoms with Crippen molar-refractivity contribution in [2.24, 2.45) is 0 Å². The predicted molar refractivity (Wildman–Crippen MR) is 122 cm³/mol. The normalized spacial score (nSPS) is 14.8. The zero-order valence-corrected chi connectivity index (χ0v) is 18.1. The summed E-state index contributed by atoms with van der Waals surface area (Å²) in [6.45, 7) is 3.16. The van der Waals surface area contributed by atoms with E-state index in [2.05, 4.69) is 10.1 Å². The first-order valence-corrected chi connectivity index (χ1v) is 10.7. The number of para-hydroxylation sites is 2. The lowest BCUT2D eigenvalue weighted by atomic mass is 10.0. The molecule has 8 heteroatoms. The number of nitrogens with zero attached hydrogens (tertiary/aromatic N) is 4. The maximum atomic E-state index is 13.1. The number of amides is 1. The predicted octanol–water partition coefficient (Wildman–Crippen LogP) is 3.31. The number of fused-ring (bicyclic) bond motifs is 1. The second-order valence-corrected chi connectivity index (χ2v) is 8.16. The molecule has 0 saturated carbocycles. The Bertz CT molecular complexity index is 1340. The Morgan fingerprint density at radius 1 is 1.12 bits per heavy atom. The fourth-order valence-corrected chi connectivity index (χ4v) is 4.48. The van der Waals surface area contributed by atoms with Crippen LogP contribution in [-0.4, -0.2) is 50.3 Å².